The van der Waals surface area contributed by atoms with Crippen molar-refractivity contribution >= 4 is 24.4 Å². The zero-order chi connectivity index (χ0) is 18.5. The van der Waals surface area contributed by atoms with E-state index < -0.39 is 5.97 Å². The maximum Gasteiger partial charge on any atom is 0.340 e. The largest absolute Gasteiger partial charge is 0.462 e. The molecule has 6 nitrogen and oxygen atoms in total. The van der Waals surface area contributed by atoms with Crippen LogP contribution in [0.1, 0.15) is 17.3 Å². The van der Waals surface area contributed by atoms with Crippen LogP contribution < -0.4 is 21.4 Å². The van der Waals surface area contributed by atoms with E-state index in [0.29, 0.717) is 34.1 Å². The SMILES string of the molecule is C=c1[nH]n(-c2ccccc2)c(=O)c1=CNc1ccccc1C(=O)OCC. The van der Waals surface area contributed by atoms with Crippen molar-refractivity contribution in [3.05, 3.63) is 81.1 Å². The van der Waals surface area contributed by atoms with Crippen molar-refractivity contribution in [3.63, 3.8) is 0 Å². The van der Waals surface area contributed by atoms with Gasteiger partial charge in [0.2, 0.25) is 0 Å². The van der Waals surface area contributed by atoms with Crippen LogP contribution in [-0.2, 0) is 4.74 Å². The van der Waals surface area contributed by atoms with Gasteiger partial charge in [-0.3, -0.25) is 9.89 Å². The van der Waals surface area contributed by atoms with Crippen molar-refractivity contribution in [2.24, 2.45) is 0 Å². The number of nitrogens with zero attached hydrogens (tertiary/aromatic N) is 1. The van der Waals surface area contributed by atoms with Crippen molar-refractivity contribution in [1.29, 1.82) is 0 Å². The molecule has 0 saturated carbocycles. The summed E-state index contributed by atoms with van der Waals surface area (Å²) in [5.74, 6) is -0.422. The van der Waals surface area contributed by atoms with Gasteiger partial charge in [-0.1, -0.05) is 36.9 Å². The van der Waals surface area contributed by atoms with Gasteiger partial charge in [0.15, 0.2) is 0 Å². The Hall–Kier alpha value is -3.54. The lowest BCUT2D eigenvalue weighted by molar-refractivity contribution is 0.0527. The Morgan fingerprint density at radius 2 is 1.88 bits per heavy atom. The Morgan fingerprint density at radius 1 is 1.19 bits per heavy atom. The number of carbonyl (C=O) groups excluding carboxylic acids is 1. The molecule has 0 amide bonds. The minimum atomic E-state index is -0.422. The Labute approximate surface area is 150 Å². The first-order chi connectivity index (χ1) is 12.6. The molecule has 0 aliphatic carbocycles. The van der Waals surface area contributed by atoms with E-state index in [-0.39, 0.29) is 5.56 Å². The molecule has 0 atom stereocenters. The molecule has 2 N–H and O–H groups in total. The molecule has 0 saturated heterocycles. The summed E-state index contributed by atoms with van der Waals surface area (Å²) in [5.41, 5.74) is 1.43. The van der Waals surface area contributed by atoms with Crippen LogP contribution in [-0.4, -0.2) is 22.4 Å². The summed E-state index contributed by atoms with van der Waals surface area (Å²) in [7, 11) is 0. The molecule has 1 aromatic heterocycles. The van der Waals surface area contributed by atoms with E-state index in [4.69, 9.17) is 4.74 Å². The van der Waals surface area contributed by atoms with Crippen molar-refractivity contribution < 1.29 is 9.53 Å². The number of anilines is 1. The number of carbonyl (C=O) groups is 1. The van der Waals surface area contributed by atoms with Gasteiger partial charge in [0.25, 0.3) is 5.56 Å². The minimum absolute atomic E-state index is 0.234. The van der Waals surface area contributed by atoms with Crippen LogP contribution in [0.2, 0.25) is 0 Å². The van der Waals surface area contributed by atoms with E-state index in [9.17, 15) is 9.59 Å². The summed E-state index contributed by atoms with van der Waals surface area (Å²) in [6.45, 7) is 5.93. The van der Waals surface area contributed by atoms with E-state index in [1.165, 1.54) is 4.68 Å². The van der Waals surface area contributed by atoms with Gasteiger partial charge < -0.3 is 10.1 Å². The van der Waals surface area contributed by atoms with Gasteiger partial charge in [-0.15, -0.1) is 0 Å². The molecule has 3 aromatic rings. The highest BCUT2D eigenvalue weighted by Crippen LogP contribution is 2.16. The van der Waals surface area contributed by atoms with Crippen LogP contribution in [0.15, 0.2) is 59.4 Å². The molecule has 0 radical (unpaired) electrons. The maximum absolute atomic E-state index is 12.7. The fraction of sp³-hybridized carbons (Fsp3) is 0.100. The summed E-state index contributed by atoms with van der Waals surface area (Å²) in [5, 5.41) is 6.82. The van der Waals surface area contributed by atoms with Gasteiger partial charge >= 0.3 is 5.97 Å². The molecule has 26 heavy (non-hydrogen) atoms. The fourth-order valence-corrected chi connectivity index (χ4v) is 2.55. The summed E-state index contributed by atoms with van der Waals surface area (Å²) >= 11 is 0. The summed E-state index contributed by atoms with van der Waals surface area (Å²) in [4.78, 5) is 24.7. The Bertz CT molecular complexity index is 1080. The van der Waals surface area contributed by atoms with Gasteiger partial charge in [-0.2, -0.15) is 0 Å². The third kappa shape index (κ3) is 3.44. The van der Waals surface area contributed by atoms with Crippen LogP contribution in [0.4, 0.5) is 5.69 Å². The van der Waals surface area contributed by atoms with Crippen molar-refractivity contribution in [2.45, 2.75) is 6.92 Å². The lowest BCUT2D eigenvalue weighted by Crippen LogP contribution is -2.34. The highest BCUT2D eigenvalue weighted by Gasteiger charge is 2.11. The highest BCUT2D eigenvalue weighted by atomic mass is 16.5. The van der Waals surface area contributed by atoms with Crippen LogP contribution in [0.25, 0.3) is 18.5 Å². The quantitative estimate of drug-likeness (QED) is 0.686. The number of rotatable bonds is 5. The summed E-state index contributed by atoms with van der Waals surface area (Å²) < 4.78 is 6.48. The number of ether oxygens (including phenoxy) is 1. The third-order valence-corrected chi connectivity index (χ3v) is 3.81. The summed E-state index contributed by atoms with van der Waals surface area (Å²) in [6.07, 6.45) is 1.54. The highest BCUT2D eigenvalue weighted by molar-refractivity contribution is 5.96. The lowest BCUT2D eigenvalue weighted by Gasteiger charge is -2.07. The number of esters is 1. The Morgan fingerprint density at radius 3 is 2.62 bits per heavy atom. The standard InChI is InChI=1S/C20H19N3O3/c1-3-26-20(25)16-11-7-8-12-18(16)21-13-17-14(2)22-23(19(17)24)15-9-5-4-6-10-15/h4-13,21-22H,2-3H2,1H3. The Balaban J connectivity index is 1.99. The van der Waals surface area contributed by atoms with E-state index >= 15 is 0 Å². The van der Waals surface area contributed by atoms with Crippen molar-refractivity contribution in [1.82, 2.24) is 9.78 Å². The second kappa shape index (κ2) is 7.57. The van der Waals surface area contributed by atoms with E-state index in [2.05, 4.69) is 17.0 Å². The van der Waals surface area contributed by atoms with Crippen LogP contribution in [0.3, 0.4) is 0 Å². The number of hydrogen-bond acceptors (Lipinski definition) is 4. The average molecular weight is 349 g/mol. The van der Waals surface area contributed by atoms with E-state index in [0.717, 1.165) is 0 Å². The number of aromatic amines is 1. The molecule has 0 aliphatic heterocycles. The maximum atomic E-state index is 12.7. The zero-order valence-electron chi connectivity index (χ0n) is 14.4. The molecule has 0 aliphatic rings. The first kappa shape index (κ1) is 17.3. The number of nitrogens with one attached hydrogen (secondary N) is 2. The van der Waals surface area contributed by atoms with Crippen LogP contribution >= 0.6 is 0 Å². The lowest BCUT2D eigenvalue weighted by atomic mass is 10.2. The van der Waals surface area contributed by atoms with Gasteiger partial charge in [0, 0.05) is 6.20 Å². The van der Waals surface area contributed by atoms with Crippen molar-refractivity contribution in [2.75, 3.05) is 11.9 Å². The van der Waals surface area contributed by atoms with E-state index in [1.54, 1.807) is 37.4 Å². The third-order valence-electron chi connectivity index (χ3n) is 3.81. The number of benzene rings is 2. The fourth-order valence-electron chi connectivity index (χ4n) is 2.55. The zero-order valence-corrected chi connectivity index (χ0v) is 14.4. The molecule has 0 bridgehead atoms. The molecule has 2 aromatic carbocycles. The molecule has 0 spiro atoms. The monoisotopic (exact) mass is 349 g/mol. The number of H-pyrrole nitrogens is 1. The van der Waals surface area contributed by atoms with Gasteiger partial charge in [0.05, 0.1) is 34.1 Å². The predicted octanol–water partition coefficient (Wildman–Crippen LogP) is 1.60. The number of hydrogen-bond donors (Lipinski definition) is 2. The normalized spacial score (nSPS) is 11.3. The molecular weight excluding hydrogens is 330 g/mol. The molecule has 1 heterocycles. The summed E-state index contributed by atoms with van der Waals surface area (Å²) in [6, 6.07) is 16.2. The molecular formula is C20H19N3O3. The Kier molecular flexibility index (Phi) is 5.03. The molecule has 0 unspecified atom stereocenters. The second-order valence-electron chi connectivity index (χ2n) is 5.53. The molecule has 132 valence electrons. The van der Waals surface area contributed by atoms with Crippen LogP contribution in [0, 0.1) is 0 Å². The van der Waals surface area contributed by atoms with Gasteiger partial charge in [-0.25, -0.2) is 9.48 Å². The second-order valence-corrected chi connectivity index (χ2v) is 5.53. The molecule has 3 rings (SSSR count). The van der Waals surface area contributed by atoms with Crippen molar-refractivity contribution in [3.8, 4) is 5.69 Å². The van der Waals surface area contributed by atoms with E-state index in [1.807, 2.05) is 30.3 Å². The first-order valence-corrected chi connectivity index (χ1v) is 8.20. The number of aromatic nitrogens is 2. The van der Waals surface area contributed by atoms with Gasteiger partial charge in [0.1, 0.15) is 0 Å². The predicted molar refractivity (Wildman–Crippen MR) is 102 cm³/mol. The average Bonchev–Trinajstić information content (AvgIpc) is 2.95. The molecule has 0 fully saturated rings. The smallest absolute Gasteiger partial charge is 0.340 e. The van der Waals surface area contributed by atoms with Gasteiger partial charge in [-0.05, 0) is 31.2 Å². The topological polar surface area (TPSA) is 76.1 Å². The number of para-hydroxylation sites is 2. The minimum Gasteiger partial charge on any atom is -0.462 e. The van der Waals surface area contributed by atoms with Crippen LogP contribution in [0.5, 0.6) is 0 Å². The molecule has 6 heteroatoms. The first-order valence-electron chi connectivity index (χ1n) is 8.20.